The number of methoxy groups -OCH3 is 1. The van der Waals surface area contributed by atoms with Crippen LogP contribution in [-0.4, -0.2) is 48.2 Å². The molecule has 2 heterocycles. The summed E-state index contributed by atoms with van der Waals surface area (Å²) < 4.78 is 10.5. The summed E-state index contributed by atoms with van der Waals surface area (Å²) in [5.74, 6) is -0.681. The molecule has 1 aromatic heterocycles. The predicted octanol–water partition coefficient (Wildman–Crippen LogP) is 2.18. The minimum atomic E-state index is -1.03. The molecule has 0 aliphatic carbocycles. The number of rotatable bonds is 6. The van der Waals surface area contributed by atoms with Crippen molar-refractivity contribution in [3.63, 3.8) is 0 Å². The van der Waals surface area contributed by atoms with E-state index in [1.54, 1.807) is 24.3 Å². The van der Waals surface area contributed by atoms with Crippen LogP contribution in [0.25, 0.3) is 17.4 Å². The fraction of sp³-hybridized carbons (Fsp3) is 0.167. The van der Waals surface area contributed by atoms with Gasteiger partial charge in [-0.1, -0.05) is 12.1 Å². The maximum Gasteiger partial charge on any atom is 0.335 e. The first-order valence-corrected chi connectivity index (χ1v) is 7.76. The topological polar surface area (TPSA) is 109 Å². The van der Waals surface area contributed by atoms with Crippen LogP contribution in [0.15, 0.2) is 46.5 Å². The first-order valence-electron chi connectivity index (χ1n) is 7.76. The van der Waals surface area contributed by atoms with E-state index in [0.29, 0.717) is 17.1 Å². The molecule has 2 aromatic rings. The molecule has 3 rings (SSSR count). The van der Waals surface area contributed by atoms with Crippen molar-refractivity contribution in [1.82, 2.24) is 10.2 Å². The van der Waals surface area contributed by atoms with Crippen LogP contribution in [0, 0.1) is 0 Å². The molecule has 0 unspecified atom stereocenters. The third-order valence-electron chi connectivity index (χ3n) is 3.79. The number of nitrogens with zero attached hydrogens (tertiary/aromatic N) is 1. The standard InChI is InChI=1S/C18H16N2O6/c1-25-8-7-20-16(21)14(19-18(20)24)10-13-5-6-15(26-13)11-3-2-4-12(9-11)17(22)23/h2-6,9-10H,7-8H2,1H3,(H,19,24)(H,22,23)/b14-10-. The van der Waals surface area contributed by atoms with E-state index in [4.69, 9.17) is 14.3 Å². The van der Waals surface area contributed by atoms with Gasteiger partial charge in [-0.3, -0.25) is 9.69 Å². The molecule has 8 heteroatoms. The van der Waals surface area contributed by atoms with Gasteiger partial charge in [0.25, 0.3) is 5.91 Å². The molecular weight excluding hydrogens is 340 g/mol. The lowest BCUT2D eigenvalue weighted by molar-refractivity contribution is -0.123. The number of carboxylic acid groups (broad SMARTS) is 1. The molecule has 26 heavy (non-hydrogen) atoms. The largest absolute Gasteiger partial charge is 0.478 e. The Balaban J connectivity index is 1.81. The fourth-order valence-electron chi connectivity index (χ4n) is 2.49. The molecule has 0 saturated carbocycles. The van der Waals surface area contributed by atoms with E-state index in [2.05, 4.69) is 5.32 Å². The van der Waals surface area contributed by atoms with E-state index in [9.17, 15) is 14.4 Å². The highest BCUT2D eigenvalue weighted by atomic mass is 16.5. The Labute approximate surface area is 148 Å². The van der Waals surface area contributed by atoms with Crippen molar-refractivity contribution in [1.29, 1.82) is 0 Å². The maximum absolute atomic E-state index is 12.2. The van der Waals surface area contributed by atoms with Gasteiger partial charge in [-0.25, -0.2) is 9.59 Å². The molecule has 1 aliphatic heterocycles. The Kier molecular flexibility index (Phi) is 4.85. The number of amides is 3. The first kappa shape index (κ1) is 17.4. The zero-order chi connectivity index (χ0) is 18.7. The van der Waals surface area contributed by atoms with Crippen molar-refractivity contribution < 1.29 is 28.6 Å². The second-order valence-corrected chi connectivity index (χ2v) is 5.53. The molecule has 1 saturated heterocycles. The second kappa shape index (κ2) is 7.24. The molecule has 2 N–H and O–H groups in total. The summed E-state index contributed by atoms with van der Waals surface area (Å²) in [6.45, 7) is 0.404. The van der Waals surface area contributed by atoms with E-state index < -0.39 is 17.9 Å². The van der Waals surface area contributed by atoms with E-state index >= 15 is 0 Å². The summed E-state index contributed by atoms with van der Waals surface area (Å²) in [4.78, 5) is 36.2. The number of carbonyl (C=O) groups excluding carboxylic acids is 2. The number of benzene rings is 1. The van der Waals surface area contributed by atoms with E-state index in [1.807, 2.05) is 0 Å². The van der Waals surface area contributed by atoms with Gasteiger partial charge in [-0.2, -0.15) is 0 Å². The fourth-order valence-corrected chi connectivity index (χ4v) is 2.49. The van der Waals surface area contributed by atoms with Gasteiger partial charge in [0.2, 0.25) is 0 Å². The lowest BCUT2D eigenvalue weighted by Gasteiger charge is -2.09. The lowest BCUT2D eigenvalue weighted by Crippen LogP contribution is -2.33. The lowest BCUT2D eigenvalue weighted by atomic mass is 10.1. The van der Waals surface area contributed by atoms with Crippen LogP contribution in [0.3, 0.4) is 0 Å². The number of carbonyl (C=O) groups is 3. The number of aromatic carboxylic acids is 1. The van der Waals surface area contributed by atoms with Crippen LogP contribution in [0.1, 0.15) is 16.1 Å². The van der Waals surface area contributed by atoms with Gasteiger partial charge < -0.3 is 19.6 Å². The highest BCUT2D eigenvalue weighted by Crippen LogP contribution is 2.25. The minimum Gasteiger partial charge on any atom is -0.478 e. The molecule has 1 aliphatic rings. The average molecular weight is 356 g/mol. The van der Waals surface area contributed by atoms with E-state index in [0.717, 1.165) is 4.90 Å². The Morgan fingerprint density at radius 1 is 1.31 bits per heavy atom. The molecular formula is C18H16N2O6. The molecule has 0 spiro atoms. The molecule has 0 radical (unpaired) electrons. The van der Waals surface area contributed by atoms with Crippen LogP contribution >= 0.6 is 0 Å². The van der Waals surface area contributed by atoms with Gasteiger partial charge in [0.15, 0.2) is 0 Å². The summed E-state index contributed by atoms with van der Waals surface area (Å²) in [5.41, 5.74) is 0.843. The minimum absolute atomic E-state index is 0.103. The third-order valence-corrected chi connectivity index (χ3v) is 3.79. The van der Waals surface area contributed by atoms with Crippen molar-refractivity contribution in [2.75, 3.05) is 20.3 Å². The van der Waals surface area contributed by atoms with Crippen LogP contribution < -0.4 is 5.32 Å². The van der Waals surface area contributed by atoms with Crippen LogP contribution in [0.4, 0.5) is 4.79 Å². The van der Waals surface area contributed by atoms with Crippen molar-refractivity contribution >= 4 is 24.0 Å². The SMILES string of the molecule is COCCN1C(=O)N/C(=C\c2ccc(-c3cccc(C(=O)O)c3)o2)C1=O. The number of nitrogens with one attached hydrogen (secondary N) is 1. The van der Waals surface area contributed by atoms with Gasteiger partial charge >= 0.3 is 12.0 Å². The van der Waals surface area contributed by atoms with Crippen molar-refractivity contribution in [3.8, 4) is 11.3 Å². The Hall–Kier alpha value is -3.39. The van der Waals surface area contributed by atoms with E-state index in [-0.39, 0.29) is 24.4 Å². The number of urea groups is 1. The van der Waals surface area contributed by atoms with Crippen LogP contribution in [-0.2, 0) is 9.53 Å². The molecule has 8 nitrogen and oxygen atoms in total. The van der Waals surface area contributed by atoms with Crippen molar-refractivity contribution in [2.24, 2.45) is 0 Å². The molecule has 0 bridgehead atoms. The van der Waals surface area contributed by atoms with Gasteiger partial charge in [0, 0.05) is 18.7 Å². The number of carboxylic acids is 1. The zero-order valence-electron chi connectivity index (χ0n) is 13.9. The summed E-state index contributed by atoms with van der Waals surface area (Å²) in [6.07, 6.45) is 1.43. The monoisotopic (exact) mass is 356 g/mol. The number of hydrogen-bond acceptors (Lipinski definition) is 5. The smallest absolute Gasteiger partial charge is 0.335 e. The van der Waals surface area contributed by atoms with Crippen LogP contribution in [0.5, 0.6) is 0 Å². The van der Waals surface area contributed by atoms with Crippen molar-refractivity contribution in [3.05, 3.63) is 53.4 Å². The van der Waals surface area contributed by atoms with Crippen molar-refractivity contribution in [2.45, 2.75) is 0 Å². The Bertz CT molecular complexity index is 899. The molecule has 1 aromatic carbocycles. The summed E-state index contributed by atoms with van der Waals surface area (Å²) in [7, 11) is 1.49. The number of hydrogen-bond donors (Lipinski definition) is 2. The van der Waals surface area contributed by atoms with Gasteiger partial charge in [0.1, 0.15) is 17.2 Å². The molecule has 3 amide bonds. The number of imide groups is 1. The number of ether oxygens (including phenoxy) is 1. The summed E-state index contributed by atoms with van der Waals surface area (Å²) in [5, 5.41) is 11.5. The number of furan rings is 1. The summed E-state index contributed by atoms with van der Waals surface area (Å²) in [6, 6.07) is 9.10. The third kappa shape index (κ3) is 3.50. The normalized spacial score (nSPS) is 15.6. The van der Waals surface area contributed by atoms with Gasteiger partial charge in [0.05, 0.1) is 18.7 Å². The highest BCUT2D eigenvalue weighted by molar-refractivity contribution is 6.13. The molecule has 0 atom stereocenters. The first-order chi connectivity index (χ1) is 12.5. The zero-order valence-corrected chi connectivity index (χ0v) is 13.9. The average Bonchev–Trinajstić information content (AvgIpc) is 3.19. The van der Waals surface area contributed by atoms with Crippen LogP contribution in [0.2, 0.25) is 0 Å². The second-order valence-electron chi connectivity index (χ2n) is 5.53. The maximum atomic E-state index is 12.2. The van der Waals surface area contributed by atoms with Gasteiger partial charge in [-0.05, 0) is 24.3 Å². The molecule has 1 fully saturated rings. The quantitative estimate of drug-likeness (QED) is 0.606. The highest BCUT2D eigenvalue weighted by Gasteiger charge is 2.33. The molecule has 134 valence electrons. The van der Waals surface area contributed by atoms with E-state index in [1.165, 1.54) is 25.3 Å². The predicted molar refractivity (Wildman–Crippen MR) is 91.2 cm³/mol. The Morgan fingerprint density at radius 3 is 2.85 bits per heavy atom. The van der Waals surface area contributed by atoms with Gasteiger partial charge in [-0.15, -0.1) is 0 Å². The summed E-state index contributed by atoms with van der Waals surface area (Å²) >= 11 is 0. The Morgan fingerprint density at radius 2 is 2.12 bits per heavy atom.